The summed E-state index contributed by atoms with van der Waals surface area (Å²) in [7, 11) is 0. The predicted molar refractivity (Wildman–Crippen MR) is 115 cm³/mol. The van der Waals surface area contributed by atoms with E-state index in [-0.39, 0.29) is 10.8 Å². The van der Waals surface area contributed by atoms with E-state index in [1.165, 1.54) is 33.4 Å². The van der Waals surface area contributed by atoms with Gasteiger partial charge in [0.15, 0.2) is 0 Å². The van der Waals surface area contributed by atoms with Gasteiger partial charge in [-0.25, -0.2) is 0 Å². The first-order chi connectivity index (χ1) is 12.6. The molecule has 1 N–H and O–H groups in total. The van der Waals surface area contributed by atoms with Crippen molar-refractivity contribution >= 4 is 0 Å². The van der Waals surface area contributed by atoms with Gasteiger partial charge in [-0.05, 0) is 63.4 Å². The van der Waals surface area contributed by atoms with E-state index < -0.39 is 0 Å². The minimum absolute atomic E-state index is 0.0798. The fraction of sp³-hybridized carbons (Fsp3) is 0.308. The van der Waals surface area contributed by atoms with E-state index >= 15 is 0 Å². The number of phenolic OH excluding ortho intramolecular Hbond substituents is 1. The Bertz CT molecular complexity index is 1050. The van der Waals surface area contributed by atoms with Gasteiger partial charge in [0.1, 0.15) is 5.75 Å². The molecule has 0 bridgehead atoms. The Balaban J connectivity index is 1.97. The van der Waals surface area contributed by atoms with Crippen molar-refractivity contribution in [1.82, 2.24) is 0 Å². The molecule has 0 saturated carbocycles. The lowest BCUT2D eigenvalue weighted by Gasteiger charge is -2.27. The molecule has 4 rings (SSSR count). The molecule has 0 radical (unpaired) electrons. The van der Waals surface area contributed by atoms with Crippen LogP contribution in [0, 0.1) is 6.92 Å². The lowest BCUT2D eigenvalue weighted by molar-refractivity contribution is 0.476. The summed E-state index contributed by atoms with van der Waals surface area (Å²) in [6.07, 6.45) is 0. The zero-order valence-corrected chi connectivity index (χ0v) is 17.1. The van der Waals surface area contributed by atoms with Crippen molar-refractivity contribution in [1.29, 1.82) is 0 Å². The van der Waals surface area contributed by atoms with E-state index in [0.29, 0.717) is 5.75 Å². The highest BCUT2D eigenvalue weighted by Gasteiger charge is 2.37. The van der Waals surface area contributed by atoms with Crippen LogP contribution in [0.4, 0.5) is 0 Å². The lowest BCUT2D eigenvalue weighted by Crippen LogP contribution is -2.16. The fourth-order valence-electron chi connectivity index (χ4n) is 4.84. The van der Waals surface area contributed by atoms with Gasteiger partial charge in [-0.15, -0.1) is 0 Å². The van der Waals surface area contributed by atoms with Gasteiger partial charge in [0.2, 0.25) is 0 Å². The number of rotatable bonds is 1. The first kappa shape index (κ1) is 17.9. The average molecular weight is 357 g/mol. The predicted octanol–water partition coefficient (Wildman–Crippen LogP) is 6.97. The minimum Gasteiger partial charge on any atom is -0.507 e. The van der Waals surface area contributed by atoms with Crippen molar-refractivity contribution in [3.05, 3.63) is 76.9 Å². The molecule has 0 aliphatic heterocycles. The number of hydrogen-bond acceptors (Lipinski definition) is 1. The zero-order chi connectivity index (χ0) is 19.6. The molecular weight excluding hydrogens is 328 g/mol. The maximum Gasteiger partial charge on any atom is 0.123 e. The molecule has 0 fully saturated rings. The highest BCUT2D eigenvalue weighted by Crippen LogP contribution is 2.52. The second kappa shape index (κ2) is 5.73. The van der Waals surface area contributed by atoms with Crippen molar-refractivity contribution in [3.8, 4) is 28.0 Å². The normalized spacial score (nSPS) is 14.7. The van der Waals surface area contributed by atoms with Crippen LogP contribution in [0.25, 0.3) is 22.3 Å². The Hall–Kier alpha value is -2.54. The quantitative estimate of drug-likeness (QED) is 0.499. The maximum atomic E-state index is 10.5. The number of benzene rings is 3. The third kappa shape index (κ3) is 2.60. The van der Waals surface area contributed by atoms with E-state index in [1.54, 1.807) is 6.07 Å². The smallest absolute Gasteiger partial charge is 0.123 e. The van der Waals surface area contributed by atoms with Crippen molar-refractivity contribution in [3.63, 3.8) is 0 Å². The molecule has 0 atom stereocenters. The Morgan fingerprint density at radius 1 is 0.815 bits per heavy atom. The highest BCUT2D eigenvalue weighted by molar-refractivity contribution is 5.87. The standard InChI is InChI=1S/C26H28O/c1-16-9-7-10-18(24(16)25(2,3)4)17-13-14-19-21(15-17)26(5,6)20-11-8-12-22(27)23(19)20/h7-15,27H,1-6H3. The summed E-state index contributed by atoms with van der Waals surface area (Å²) >= 11 is 0. The Morgan fingerprint density at radius 2 is 1.52 bits per heavy atom. The van der Waals surface area contributed by atoms with Crippen LogP contribution < -0.4 is 0 Å². The summed E-state index contributed by atoms with van der Waals surface area (Å²) in [5.41, 5.74) is 9.89. The number of aryl methyl sites for hydroxylation is 1. The van der Waals surface area contributed by atoms with Crippen LogP contribution in [0.2, 0.25) is 0 Å². The van der Waals surface area contributed by atoms with Crippen molar-refractivity contribution in [2.45, 2.75) is 52.4 Å². The van der Waals surface area contributed by atoms with Gasteiger partial charge in [0, 0.05) is 11.0 Å². The van der Waals surface area contributed by atoms with Gasteiger partial charge in [-0.1, -0.05) is 77.1 Å². The molecule has 0 heterocycles. The fourth-order valence-corrected chi connectivity index (χ4v) is 4.84. The van der Waals surface area contributed by atoms with Crippen LogP contribution in [0.1, 0.15) is 56.9 Å². The molecule has 1 aliphatic rings. The third-order valence-electron chi connectivity index (χ3n) is 6.01. The van der Waals surface area contributed by atoms with Crippen LogP contribution in [-0.2, 0) is 10.8 Å². The summed E-state index contributed by atoms with van der Waals surface area (Å²) in [6.45, 7) is 13.6. The Labute approximate surface area is 162 Å². The lowest BCUT2D eigenvalue weighted by atomic mass is 9.77. The first-order valence-electron chi connectivity index (χ1n) is 9.70. The van der Waals surface area contributed by atoms with Crippen LogP contribution in [0.5, 0.6) is 5.75 Å². The molecule has 0 amide bonds. The Morgan fingerprint density at radius 3 is 2.22 bits per heavy atom. The van der Waals surface area contributed by atoms with E-state index in [2.05, 4.69) is 84.0 Å². The molecule has 138 valence electrons. The van der Waals surface area contributed by atoms with Gasteiger partial charge >= 0.3 is 0 Å². The molecule has 0 unspecified atom stereocenters. The summed E-state index contributed by atoms with van der Waals surface area (Å²) in [6, 6.07) is 19.2. The monoisotopic (exact) mass is 356 g/mol. The molecular formula is C26H28O. The van der Waals surface area contributed by atoms with Crippen LogP contribution in [0.15, 0.2) is 54.6 Å². The third-order valence-corrected chi connectivity index (χ3v) is 6.01. The topological polar surface area (TPSA) is 20.2 Å². The molecule has 0 saturated heterocycles. The minimum atomic E-state index is -0.120. The summed E-state index contributed by atoms with van der Waals surface area (Å²) < 4.78 is 0. The van der Waals surface area contributed by atoms with Gasteiger partial charge in [0.25, 0.3) is 0 Å². The molecule has 1 nitrogen and oxygen atoms in total. The number of hydrogen-bond donors (Lipinski definition) is 1. The van der Waals surface area contributed by atoms with Crippen molar-refractivity contribution < 1.29 is 5.11 Å². The van der Waals surface area contributed by atoms with E-state index in [4.69, 9.17) is 0 Å². The van der Waals surface area contributed by atoms with E-state index in [9.17, 15) is 5.11 Å². The van der Waals surface area contributed by atoms with E-state index in [0.717, 1.165) is 11.1 Å². The SMILES string of the molecule is Cc1cccc(-c2ccc3c(c2)C(C)(C)c2cccc(O)c2-3)c1C(C)(C)C. The molecule has 1 heteroatoms. The summed E-state index contributed by atoms with van der Waals surface area (Å²) in [4.78, 5) is 0. The number of aromatic hydroxyl groups is 1. The highest BCUT2D eigenvalue weighted by atomic mass is 16.3. The molecule has 0 spiro atoms. The van der Waals surface area contributed by atoms with Crippen LogP contribution in [-0.4, -0.2) is 5.11 Å². The zero-order valence-electron chi connectivity index (χ0n) is 17.1. The Kier molecular flexibility index (Phi) is 3.79. The molecule has 1 aliphatic carbocycles. The number of phenols is 1. The second-order valence-electron chi connectivity index (χ2n) is 9.33. The average Bonchev–Trinajstić information content (AvgIpc) is 2.82. The summed E-state index contributed by atoms with van der Waals surface area (Å²) in [5, 5.41) is 10.5. The summed E-state index contributed by atoms with van der Waals surface area (Å²) in [5.74, 6) is 0.373. The maximum absolute atomic E-state index is 10.5. The van der Waals surface area contributed by atoms with Gasteiger partial charge in [-0.3, -0.25) is 0 Å². The second-order valence-corrected chi connectivity index (χ2v) is 9.33. The first-order valence-corrected chi connectivity index (χ1v) is 9.70. The molecule has 3 aromatic rings. The van der Waals surface area contributed by atoms with Gasteiger partial charge in [0.05, 0.1) is 0 Å². The van der Waals surface area contributed by atoms with Crippen LogP contribution in [0.3, 0.4) is 0 Å². The van der Waals surface area contributed by atoms with Crippen molar-refractivity contribution in [2.75, 3.05) is 0 Å². The van der Waals surface area contributed by atoms with E-state index in [1.807, 2.05) is 6.07 Å². The molecule has 3 aromatic carbocycles. The van der Waals surface area contributed by atoms with Crippen molar-refractivity contribution in [2.24, 2.45) is 0 Å². The van der Waals surface area contributed by atoms with Crippen LogP contribution >= 0.6 is 0 Å². The largest absolute Gasteiger partial charge is 0.507 e. The molecule has 27 heavy (non-hydrogen) atoms. The number of fused-ring (bicyclic) bond motifs is 3. The molecule has 0 aromatic heterocycles. The van der Waals surface area contributed by atoms with Gasteiger partial charge < -0.3 is 5.11 Å². The van der Waals surface area contributed by atoms with Gasteiger partial charge in [-0.2, -0.15) is 0 Å².